The zero-order chi connectivity index (χ0) is 13.4. The molecular weight excluding hydrogens is 543 g/mol. The third-order valence-electron chi connectivity index (χ3n) is 2.62. The Morgan fingerprint density at radius 2 is 2.00 bits per heavy atom. The fourth-order valence-electron chi connectivity index (χ4n) is 1.64. The Morgan fingerprint density at radius 3 is 2.35 bits per heavy atom. The van der Waals surface area contributed by atoms with E-state index < -0.39 is 5.50 Å². The van der Waals surface area contributed by atoms with E-state index >= 15 is 0 Å². The van der Waals surface area contributed by atoms with Crippen molar-refractivity contribution < 1.29 is 0 Å². The van der Waals surface area contributed by atoms with E-state index in [0.29, 0.717) is 1.61 Å². The van der Waals surface area contributed by atoms with E-state index in [1.54, 1.807) is 0 Å². The van der Waals surface area contributed by atoms with Crippen molar-refractivity contribution in [3.8, 4) is 0 Å². The number of nitrogens with one attached hydrogen (secondary N) is 1. The molecule has 0 aromatic carbocycles. The number of likely N-dealkylation sites (N-methyl/N-ethyl adjacent to an activating group) is 1. The Kier molecular flexibility index (Phi) is 11.7. The molecule has 4 unspecified atom stereocenters. The van der Waals surface area contributed by atoms with E-state index in [4.69, 9.17) is 23.1 Å². The number of hydrogen-bond acceptors (Lipinski definition) is 4. The van der Waals surface area contributed by atoms with Gasteiger partial charge in [0.05, 0.1) is 0 Å². The maximum atomic E-state index is 6.31. The Balaban J connectivity index is 4.58. The SMILES string of the molecule is CCCCN([CH](I)[Tl])C(N)C(NCC)C(N)Cl. The summed E-state index contributed by atoms with van der Waals surface area (Å²) in [4.78, 5) is 2.32. The second kappa shape index (κ2) is 10.6. The van der Waals surface area contributed by atoms with Gasteiger partial charge in [0.2, 0.25) is 0 Å². The second-order valence-electron chi connectivity index (χ2n) is 3.98. The van der Waals surface area contributed by atoms with Crippen LogP contribution >= 0.6 is 34.2 Å². The van der Waals surface area contributed by atoms with Crippen molar-refractivity contribution in [3.05, 3.63) is 0 Å². The van der Waals surface area contributed by atoms with Crippen molar-refractivity contribution in [2.45, 2.75) is 46.0 Å². The first-order valence-electron chi connectivity index (χ1n) is 5.99. The Morgan fingerprint density at radius 1 is 1.41 bits per heavy atom. The maximum absolute atomic E-state index is 6.31. The molecular formula is C10H23ClIN4Tl. The van der Waals surface area contributed by atoms with Gasteiger partial charge in [-0.15, -0.1) is 0 Å². The number of alkyl halides is 2. The molecule has 0 radical (unpaired) electrons. The summed E-state index contributed by atoms with van der Waals surface area (Å²) >= 11 is 9.35. The van der Waals surface area contributed by atoms with Gasteiger partial charge in [-0.1, -0.05) is 0 Å². The van der Waals surface area contributed by atoms with Gasteiger partial charge in [0, 0.05) is 0 Å². The molecule has 17 heavy (non-hydrogen) atoms. The number of rotatable bonds is 9. The third-order valence-corrected chi connectivity index (χ3v) is 5.10. The number of halogens is 2. The minimum absolute atomic E-state index is 0.0606. The van der Waals surface area contributed by atoms with Gasteiger partial charge in [-0.3, -0.25) is 0 Å². The van der Waals surface area contributed by atoms with Gasteiger partial charge in [0.15, 0.2) is 0 Å². The summed E-state index contributed by atoms with van der Waals surface area (Å²) in [6.45, 7) is 6.08. The van der Waals surface area contributed by atoms with Crippen LogP contribution in [-0.2, 0) is 0 Å². The van der Waals surface area contributed by atoms with Crippen LogP contribution in [0.15, 0.2) is 0 Å². The van der Waals surface area contributed by atoms with E-state index in [9.17, 15) is 0 Å². The summed E-state index contributed by atoms with van der Waals surface area (Å²) in [7, 11) is 0. The standard InChI is InChI=1S/C10H23ClIN4.Tl/c1-3-5-6-16(7-12)10(14)8(9(11)13)15-4-2;/h7-10,15H,3-6,13-14H2,1-2H3;. The molecule has 0 heterocycles. The zero-order valence-electron chi connectivity index (χ0n) is 10.6. The zero-order valence-corrected chi connectivity index (χ0v) is 18.0. The Labute approximate surface area is 139 Å². The summed E-state index contributed by atoms with van der Waals surface area (Å²) < 4.78 is 0.533. The molecule has 7 heteroatoms. The summed E-state index contributed by atoms with van der Waals surface area (Å²) in [5, 5.41) is 3.29. The molecule has 4 nitrogen and oxygen atoms in total. The second-order valence-corrected chi connectivity index (χ2v) is 13.5. The Bertz CT molecular complexity index is 197. The molecule has 0 aliphatic carbocycles. The van der Waals surface area contributed by atoms with Crippen molar-refractivity contribution in [1.29, 1.82) is 0 Å². The van der Waals surface area contributed by atoms with Gasteiger partial charge in [0.25, 0.3) is 0 Å². The summed E-state index contributed by atoms with van der Waals surface area (Å²) in [6.07, 6.45) is 2.23. The van der Waals surface area contributed by atoms with Gasteiger partial charge < -0.3 is 0 Å². The van der Waals surface area contributed by atoms with E-state index in [1.165, 1.54) is 6.42 Å². The van der Waals surface area contributed by atoms with Crippen LogP contribution in [0.3, 0.4) is 0 Å². The van der Waals surface area contributed by atoms with E-state index in [0.717, 1.165) is 45.3 Å². The first-order chi connectivity index (χ1) is 7.95. The molecule has 0 rings (SSSR count). The summed E-state index contributed by atoms with van der Waals surface area (Å²) in [6, 6.07) is -0.0606. The van der Waals surface area contributed by atoms with Crippen LogP contribution in [0, 0.1) is 0 Å². The topological polar surface area (TPSA) is 67.3 Å². The molecule has 0 fully saturated rings. The first-order valence-corrected chi connectivity index (χ1v) is 10.3. The fraction of sp³-hybridized carbons (Fsp3) is 1.00. The molecule has 0 aliphatic heterocycles. The van der Waals surface area contributed by atoms with Crippen LogP contribution in [0.2, 0.25) is 0 Å². The summed E-state index contributed by atoms with van der Waals surface area (Å²) in [5.41, 5.74) is 11.7. The minimum atomic E-state index is -0.450. The molecule has 100 valence electrons. The number of unbranched alkanes of at least 4 members (excludes halogenated alkanes) is 1. The van der Waals surface area contributed by atoms with Gasteiger partial charge in [-0.2, -0.15) is 0 Å². The van der Waals surface area contributed by atoms with Crippen LogP contribution in [0.1, 0.15) is 26.7 Å². The predicted molar refractivity (Wildman–Crippen MR) is 84.4 cm³/mol. The van der Waals surface area contributed by atoms with E-state index in [2.05, 4.69) is 39.7 Å². The van der Waals surface area contributed by atoms with Crippen LogP contribution in [0.5, 0.6) is 0 Å². The van der Waals surface area contributed by atoms with Crippen LogP contribution < -0.4 is 16.8 Å². The van der Waals surface area contributed by atoms with Gasteiger partial charge in [-0.05, 0) is 0 Å². The Hall–Kier alpha value is 1.78. The average molecular weight is 566 g/mol. The van der Waals surface area contributed by atoms with E-state index in [-0.39, 0.29) is 12.2 Å². The molecule has 0 saturated carbocycles. The van der Waals surface area contributed by atoms with Crippen molar-refractivity contribution in [2.24, 2.45) is 11.5 Å². The van der Waals surface area contributed by atoms with Crippen molar-refractivity contribution in [2.75, 3.05) is 13.1 Å². The molecule has 0 bridgehead atoms. The van der Waals surface area contributed by atoms with Crippen LogP contribution in [0.25, 0.3) is 0 Å². The molecule has 0 spiro atoms. The quantitative estimate of drug-likeness (QED) is 0.127. The molecule has 0 aromatic heterocycles. The molecule has 5 N–H and O–H groups in total. The normalized spacial score (nSPS) is 18.9. The molecule has 0 amide bonds. The number of nitrogens with two attached hydrogens (primary N) is 2. The molecule has 0 aliphatic rings. The first kappa shape index (κ1) is 18.8. The van der Waals surface area contributed by atoms with Gasteiger partial charge >= 0.3 is 141 Å². The average Bonchev–Trinajstić information content (AvgIpc) is 2.25. The predicted octanol–water partition coefficient (Wildman–Crippen LogP) is 0.762. The number of nitrogens with zero attached hydrogens (tertiary/aromatic N) is 1. The van der Waals surface area contributed by atoms with Crippen molar-refractivity contribution in [1.82, 2.24) is 10.2 Å². The molecule has 4 atom stereocenters. The van der Waals surface area contributed by atoms with E-state index in [1.807, 2.05) is 6.92 Å². The number of hydrogen-bond donors (Lipinski definition) is 3. The van der Waals surface area contributed by atoms with Gasteiger partial charge in [0.1, 0.15) is 0 Å². The van der Waals surface area contributed by atoms with Crippen LogP contribution in [-0.4, -0.2) is 63.1 Å². The monoisotopic (exact) mass is 566 g/mol. The van der Waals surface area contributed by atoms with Gasteiger partial charge in [-0.25, -0.2) is 0 Å². The van der Waals surface area contributed by atoms with Crippen molar-refractivity contribution in [3.63, 3.8) is 0 Å². The van der Waals surface area contributed by atoms with Crippen molar-refractivity contribution >= 4 is 60.0 Å². The van der Waals surface area contributed by atoms with Crippen LogP contribution in [0.4, 0.5) is 0 Å². The molecule has 0 saturated heterocycles. The fourth-order valence-corrected chi connectivity index (χ4v) is 3.88. The third kappa shape index (κ3) is 7.21. The summed E-state index contributed by atoms with van der Waals surface area (Å²) in [5.74, 6) is 0. The molecule has 0 aromatic rings.